The number of hydrogen-bond acceptors (Lipinski definition) is 5. The van der Waals surface area contributed by atoms with Gasteiger partial charge in [-0.15, -0.1) is 0 Å². The lowest BCUT2D eigenvalue weighted by Gasteiger charge is -2.33. The molecule has 0 saturated carbocycles. The van der Waals surface area contributed by atoms with Crippen LogP contribution in [0.25, 0.3) is 0 Å². The van der Waals surface area contributed by atoms with Gasteiger partial charge in [0, 0.05) is 23.0 Å². The Morgan fingerprint density at radius 3 is 2.57 bits per heavy atom. The monoisotopic (exact) mass is 498 g/mol. The van der Waals surface area contributed by atoms with Crippen molar-refractivity contribution in [1.29, 1.82) is 5.26 Å². The number of aromatic nitrogens is 3. The zero-order valence-electron chi connectivity index (χ0n) is 19.6. The summed E-state index contributed by atoms with van der Waals surface area (Å²) in [5.41, 5.74) is 0.424. The standard InChI is InChI=1S/C27H20F2N6O2/c1-17-16-34-24(22(15-32-34)25(36)33-21-9-5-6-18(12-21)13-30)26(37)35(17)23-11-10-20(14-31-23)27(28,29)19-7-3-2-4-8-19/h2-12,14-15,17H,16H2,1H3,(H,33,36)/t17-/m0/s1. The SMILES string of the molecule is C[C@H]1Cn2ncc(C(=O)Nc3cccc(C#N)c3)c2C(=O)N1c1ccc(C(F)(F)c2ccccc2)cn1. The Balaban J connectivity index is 1.42. The highest BCUT2D eigenvalue weighted by molar-refractivity contribution is 6.15. The Hall–Kier alpha value is -4.91. The minimum Gasteiger partial charge on any atom is -0.322 e. The van der Waals surface area contributed by atoms with Crippen LogP contribution in [0.1, 0.15) is 44.5 Å². The van der Waals surface area contributed by atoms with Crippen LogP contribution in [0, 0.1) is 11.3 Å². The molecule has 2 aromatic carbocycles. The third kappa shape index (κ3) is 4.31. The fraction of sp³-hybridized carbons (Fsp3) is 0.148. The van der Waals surface area contributed by atoms with Crippen molar-refractivity contribution in [2.45, 2.75) is 25.4 Å². The molecule has 0 fully saturated rings. The highest BCUT2D eigenvalue weighted by Crippen LogP contribution is 2.36. The molecule has 2 amide bonds. The molecule has 1 N–H and O–H groups in total. The summed E-state index contributed by atoms with van der Waals surface area (Å²) in [6.07, 6.45) is 2.37. The first-order chi connectivity index (χ1) is 17.8. The molecule has 0 radical (unpaired) electrons. The van der Waals surface area contributed by atoms with E-state index >= 15 is 0 Å². The summed E-state index contributed by atoms with van der Waals surface area (Å²) in [6.45, 7) is 2.06. The molecule has 37 heavy (non-hydrogen) atoms. The Bertz CT molecular complexity index is 1530. The second-order valence-electron chi connectivity index (χ2n) is 8.61. The third-order valence-electron chi connectivity index (χ3n) is 6.13. The van der Waals surface area contributed by atoms with Gasteiger partial charge in [0.15, 0.2) is 0 Å². The fourth-order valence-electron chi connectivity index (χ4n) is 4.28. The third-order valence-corrected chi connectivity index (χ3v) is 6.13. The quantitative estimate of drug-likeness (QED) is 0.433. The summed E-state index contributed by atoms with van der Waals surface area (Å²) >= 11 is 0. The van der Waals surface area contributed by atoms with Gasteiger partial charge in [-0.3, -0.25) is 19.2 Å². The van der Waals surface area contributed by atoms with Crippen LogP contribution in [0.5, 0.6) is 0 Å². The summed E-state index contributed by atoms with van der Waals surface area (Å²) in [6, 6.07) is 18.0. The van der Waals surface area contributed by atoms with Crippen molar-refractivity contribution in [2.75, 3.05) is 10.2 Å². The van der Waals surface area contributed by atoms with Gasteiger partial charge in [0.25, 0.3) is 17.7 Å². The molecule has 184 valence electrons. The van der Waals surface area contributed by atoms with Gasteiger partial charge in [-0.05, 0) is 37.3 Å². The van der Waals surface area contributed by atoms with Crippen LogP contribution in [0.2, 0.25) is 0 Å². The number of carbonyl (C=O) groups excluding carboxylic acids is 2. The highest BCUT2D eigenvalue weighted by Gasteiger charge is 2.38. The number of fused-ring (bicyclic) bond motifs is 1. The Morgan fingerprint density at radius 1 is 1.08 bits per heavy atom. The van der Waals surface area contributed by atoms with Crippen molar-refractivity contribution in [2.24, 2.45) is 0 Å². The number of amides is 2. The zero-order valence-corrected chi connectivity index (χ0v) is 19.6. The van der Waals surface area contributed by atoms with Gasteiger partial charge in [0.05, 0.1) is 36.0 Å². The number of hydrogen-bond donors (Lipinski definition) is 1. The van der Waals surface area contributed by atoms with Crippen LogP contribution in [-0.2, 0) is 12.5 Å². The van der Waals surface area contributed by atoms with Gasteiger partial charge in [-0.1, -0.05) is 36.4 Å². The Kier molecular flexibility index (Phi) is 5.97. The maximum absolute atomic E-state index is 14.9. The molecule has 10 heteroatoms. The van der Waals surface area contributed by atoms with Crippen molar-refractivity contribution >= 4 is 23.3 Å². The molecule has 0 saturated heterocycles. The van der Waals surface area contributed by atoms with Crippen LogP contribution in [0.4, 0.5) is 20.3 Å². The second-order valence-corrected chi connectivity index (χ2v) is 8.61. The van der Waals surface area contributed by atoms with Gasteiger partial charge in [-0.2, -0.15) is 19.1 Å². The number of nitriles is 1. The average molecular weight is 498 g/mol. The van der Waals surface area contributed by atoms with E-state index in [9.17, 15) is 18.4 Å². The average Bonchev–Trinajstić information content (AvgIpc) is 3.34. The molecule has 3 heterocycles. The smallest absolute Gasteiger partial charge is 0.299 e. The molecule has 1 atom stereocenters. The van der Waals surface area contributed by atoms with Gasteiger partial charge in [0.2, 0.25) is 0 Å². The summed E-state index contributed by atoms with van der Waals surface area (Å²) < 4.78 is 31.3. The first-order valence-electron chi connectivity index (χ1n) is 11.4. The lowest BCUT2D eigenvalue weighted by Crippen LogP contribution is -2.48. The lowest BCUT2D eigenvalue weighted by molar-refractivity contribution is 0.0425. The number of alkyl halides is 2. The molecular weight excluding hydrogens is 478 g/mol. The van der Waals surface area contributed by atoms with E-state index in [1.807, 2.05) is 6.07 Å². The van der Waals surface area contributed by atoms with Crippen LogP contribution in [0.15, 0.2) is 79.1 Å². The second kappa shape index (κ2) is 9.28. The summed E-state index contributed by atoms with van der Waals surface area (Å²) in [5, 5.41) is 16.0. The lowest BCUT2D eigenvalue weighted by atomic mass is 10.0. The molecule has 2 aromatic heterocycles. The normalized spacial score (nSPS) is 15.1. The Labute approximate surface area is 210 Å². The van der Waals surface area contributed by atoms with Gasteiger partial charge in [0.1, 0.15) is 11.5 Å². The van der Waals surface area contributed by atoms with E-state index in [2.05, 4.69) is 15.4 Å². The van der Waals surface area contributed by atoms with Crippen LogP contribution >= 0.6 is 0 Å². The molecule has 4 aromatic rings. The fourth-order valence-corrected chi connectivity index (χ4v) is 4.28. The maximum Gasteiger partial charge on any atom is 0.299 e. The summed E-state index contributed by atoms with van der Waals surface area (Å²) in [4.78, 5) is 32.1. The van der Waals surface area contributed by atoms with Crippen LogP contribution < -0.4 is 10.2 Å². The highest BCUT2D eigenvalue weighted by atomic mass is 19.3. The number of nitrogens with one attached hydrogen (secondary N) is 1. The number of rotatable bonds is 5. The predicted octanol–water partition coefficient (Wildman–Crippen LogP) is 4.59. The van der Waals surface area contributed by atoms with E-state index in [-0.39, 0.29) is 34.7 Å². The minimum atomic E-state index is -3.25. The number of benzene rings is 2. The van der Waals surface area contributed by atoms with Crippen LogP contribution in [-0.4, -0.2) is 32.6 Å². The molecule has 0 unspecified atom stereocenters. The van der Waals surface area contributed by atoms with Gasteiger partial charge >= 0.3 is 0 Å². The van der Waals surface area contributed by atoms with Crippen molar-refractivity contribution in [1.82, 2.24) is 14.8 Å². The molecule has 0 aliphatic carbocycles. The van der Waals surface area contributed by atoms with Crippen molar-refractivity contribution in [3.05, 3.63) is 107 Å². The Morgan fingerprint density at radius 2 is 1.86 bits per heavy atom. The predicted molar refractivity (Wildman–Crippen MR) is 131 cm³/mol. The topological polar surface area (TPSA) is 104 Å². The number of nitrogens with zero attached hydrogens (tertiary/aromatic N) is 5. The van der Waals surface area contributed by atoms with Crippen molar-refractivity contribution in [3.8, 4) is 6.07 Å². The van der Waals surface area contributed by atoms with E-state index in [0.717, 1.165) is 6.20 Å². The molecule has 1 aliphatic rings. The van der Waals surface area contributed by atoms with Gasteiger partial charge in [-0.25, -0.2) is 4.98 Å². The molecule has 8 nitrogen and oxygen atoms in total. The van der Waals surface area contributed by atoms with E-state index in [1.54, 1.807) is 31.2 Å². The summed E-state index contributed by atoms with van der Waals surface area (Å²) in [5.74, 6) is -4.16. The van der Waals surface area contributed by atoms with E-state index in [1.165, 1.54) is 58.2 Å². The molecule has 5 rings (SSSR count). The molecule has 1 aliphatic heterocycles. The largest absolute Gasteiger partial charge is 0.322 e. The molecular formula is C27H20F2N6O2. The maximum atomic E-state index is 14.9. The van der Waals surface area contributed by atoms with E-state index < -0.39 is 23.8 Å². The first kappa shape index (κ1) is 23.8. The van der Waals surface area contributed by atoms with Gasteiger partial charge < -0.3 is 5.32 Å². The summed E-state index contributed by atoms with van der Waals surface area (Å²) in [7, 11) is 0. The molecule has 0 bridgehead atoms. The van der Waals surface area contributed by atoms with E-state index in [4.69, 9.17) is 5.26 Å². The van der Waals surface area contributed by atoms with Crippen LogP contribution in [0.3, 0.4) is 0 Å². The van der Waals surface area contributed by atoms with E-state index in [0.29, 0.717) is 11.3 Å². The number of anilines is 2. The minimum absolute atomic E-state index is 0.0523. The zero-order chi connectivity index (χ0) is 26.2. The number of carbonyl (C=O) groups is 2. The molecule has 0 spiro atoms. The van der Waals surface area contributed by atoms with Crippen molar-refractivity contribution in [3.63, 3.8) is 0 Å². The van der Waals surface area contributed by atoms with Crippen molar-refractivity contribution < 1.29 is 18.4 Å². The number of halogens is 2. The first-order valence-corrected chi connectivity index (χ1v) is 11.4. The number of pyridine rings is 1.